The lowest BCUT2D eigenvalue weighted by molar-refractivity contribution is 0.101. The number of nitrogens with zero attached hydrogens (tertiary/aromatic N) is 1. The number of hydrogen-bond acceptors (Lipinski definition) is 3. The summed E-state index contributed by atoms with van der Waals surface area (Å²) in [6.45, 7) is 1.53. The SMILES string of the molecule is CC(=O)c1c[nH]c2ncc(-c3cccc(O)c3)cc12. The third-order valence-corrected chi connectivity index (χ3v) is 3.09. The number of aromatic amines is 1. The first kappa shape index (κ1) is 11.5. The Morgan fingerprint density at radius 2 is 2.11 bits per heavy atom. The summed E-state index contributed by atoms with van der Waals surface area (Å²) in [5.74, 6) is 0.208. The van der Waals surface area contributed by atoms with E-state index in [0.29, 0.717) is 11.2 Å². The van der Waals surface area contributed by atoms with Crippen molar-refractivity contribution in [3.63, 3.8) is 0 Å². The summed E-state index contributed by atoms with van der Waals surface area (Å²) in [7, 11) is 0. The average molecular weight is 252 g/mol. The van der Waals surface area contributed by atoms with E-state index in [1.807, 2.05) is 12.1 Å². The number of carbonyl (C=O) groups excluding carboxylic acids is 1. The molecule has 0 atom stereocenters. The van der Waals surface area contributed by atoms with Crippen LogP contribution < -0.4 is 0 Å². The van der Waals surface area contributed by atoms with Crippen molar-refractivity contribution < 1.29 is 9.90 Å². The first-order chi connectivity index (χ1) is 9.15. The molecule has 94 valence electrons. The maximum absolute atomic E-state index is 11.5. The van der Waals surface area contributed by atoms with Crippen LogP contribution in [-0.2, 0) is 0 Å². The highest BCUT2D eigenvalue weighted by Crippen LogP contribution is 2.26. The van der Waals surface area contributed by atoms with Crippen molar-refractivity contribution in [2.75, 3.05) is 0 Å². The highest BCUT2D eigenvalue weighted by Gasteiger charge is 2.10. The van der Waals surface area contributed by atoms with Gasteiger partial charge in [-0.05, 0) is 30.7 Å². The van der Waals surface area contributed by atoms with Crippen molar-refractivity contribution in [3.05, 3.63) is 48.3 Å². The number of ketones is 1. The van der Waals surface area contributed by atoms with Gasteiger partial charge in [-0.25, -0.2) is 4.98 Å². The number of nitrogens with one attached hydrogen (secondary N) is 1. The average Bonchev–Trinajstić information content (AvgIpc) is 2.81. The van der Waals surface area contributed by atoms with Crippen LogP contribution >= 0.6 is 0 Å². The van der Waals surface area contributed by atoms with Gasteiger partial charge in [0.15, 0.2) is 5.78 Å². The van der Waals surface area contributed by atoms with Gasteiger partial charge in [0.05, 0.1) is 0 Å². The van der Waals surface area contributed by atoms with Gasteiger partial charge in [-0.3, -0.25) is 4.79 Å². The third-order valence-electron chi connectivity index (χ3n) is 3.09. The van der Waals surface area contributed by atoms with E-state index in [-0.39, 0.29) is 11.5 Å². The molecule has 3 rings (SSSR count). The molecule has 2 heterocycles. The van der Waals surface area contributed by atoms with Crippen molar-refractivity contribution in [3.8, 4) is 16.9 Å². The number of H-pyrrole nitrogens is 1. The van der Waals surface area contributed by atoms with Gasteiger partial charge >= 0.3 is 0 Å². The number of hydrogen-bond donors (Lipinski definition) is 2. The number of phenols is 1. The quantitative estimate of drug-likeness (QED) is 0.688. The first-order valence-electron chi connectivity index (χ1n) is 5.92. The predicted octanol–water partition coefficient (Wildman–Crippen LogP) is 3.14. The molecule has 0 unspecified atom stereocenters. The molecule has 0 bridgehead atoms. The molecule has 0 aliphatic rings. The van der Waals surface area contributed by atoms with E-state index in [4.69, 9.17) is 0 Å². The second-order valence-electron chi connectivity index (χ2n) is 4.43. The van der Waals surface area contributed by atoms with Gasteiger partial charge in [0.1, 0.15) is 11.4 Å². The molecular formula is C15H12N2O2. The summed E-state index contributed by atoms with van der Waals surface area (Å²) < 4.78 is 0. The number of carbonyl (C=O) groups is 1. The highest BCUT2D eigenvalue weighted by atomic mass is 16.3. The number of aromatic nitrogens is 2. The number of benzene rings is 1. The van der Waals surface area contributed by atoms with Crippen LogP contribution in [-0.4, -0.2) is 20.9 Å². The van der Waals surface area contributed by atoms with Crippen molar-refractivity contribution in [1.29, 1.82) is 0 Å². The molecule has 4 heteroatoms. The normalized spacial score (nSPS) is 10.8. The smallest absolute Gasteiger partial charge is 0.162 e. The van der Waals surface area contributed by atoms with Crippen LogP contribution in [0.4, 0.5) is 0 Å². The van der Waals surface area contributed by atoms with E-state index in [0.717, 1.165) is 16.5 Å². The summed E-state index contributed by atoms with van der Waals surface area (Å²) in [6.07, 6.45) is 3.39. The van der Waals surface area contributed by atoms with E-state index in [1.54, 1.807) is 30.6 Å². The van der Waals surface area contributed by atoms with E-state index >= 15 is 0 Å². The van der Waals surface area contributed by atoms with Crippen molar-refractivity contribution in [1.82, 2.24) is 9.97 Å². The van der Waals surface area contributed by atoms with E-state index in [2.05, 4.69) is 9.97 Å². The Kier molecular flexibility index (Phi) is 2.56. The van der Waals surface area contributed by atoms with Crippen LogP contribution in [0.5, 0.6) is 5.75 Å². The molecule has 19 heavy (non-hydrogen) atoms. The number of phenolic OH excluding ortho intramolecular Hbond substituents is 1. The molecule has 0 saturated heterocycles. The molecule has 0 spiro atoms. The van der Waals surface area contributed by atoms with Crippen molar-refractivity contribution in [2.24, 2.45) is 0 Å². The lowest BCUT2D eigenvalue weighted by Gasteiger charge is -2.02. The van der Waals surface area contributed by atoms with Crippen LogP contribution in [0.1, 0.15) is 17.3 Å². The molecule has 0 amide bonds. The molecule has 4 nitrogen and oxygen atoms in total. The maximum Gasteiger partial charge on any atom is 0.162 e. The molecule has 3 aromatic rings. The molecule has 0 aliphatic heterocycles. The Morgan fingerprint density at radius 1 is 1.26 bits per heavy atom. The summed E-state index contributed by atoms with van der Waals surface area (Å²) >= 11 is 0. The van der Waals surface area contributed by atoms with Crippen molar-refractivity contribution >= 4 is 16.8 Å². The first-order valence-corrected chi connectivity index (χ1v) is 5.92. The zero-order valence-corrected chi connectivity index (χ0v) is 10.3. The van der Waals surface area contributed by atoms with Gasteiger partial charge in [-0.2, -0.15) is 0 Å². The number of rotatable bonds is 2. The number of aromatic hydroxyl groups is 1. The molecular weight excluding hydrogens is 240 g/mol. The van der Waals surface area contributed by atoms with Crippen LogP contribution in [0.3, 0.4) is 0 Å². The molecule has 0 radical (unpaired) electrons. The Balaban J connectivity index is 2.20. The van der Waals surface area contributed by atoms with Crippen LogP contribution in [0.25, 0.3) is 22.2 Å². The van der Waals surface area contributed by atoms with Crippen LogP contribution in [0, 0.1) is 0 Å². The minimum Gasteiger partial charge on any atom is -0.508 e. The van der Waals surface area contributed by atoms with Gasteiger partial charge in [0, 0.05) is 28.9 Å². The van der Waals surface area contributed by atoms with Crippen LogP contribution in [0.15, 0.2) is 42.7 Å². The fraction of sp³-hybridized carbons (Fsp3) is 0.0667. The second kappa shape index (κ2) is 4.24. The summed E-state index contributed by atoms with van der Waals surface area (Å²) in [6, 6.07) is 8.86. The summed E-state index contributed by atoms with van der Waals surface area (Å²) in [5, 5.41) is 10.3. The van der Waals surface area contributed by atoms with Gasteiger partial charge in [0.2, 0.25) is 0 Å². The molecule has 1 aromatic carbocycles. The lowest BCUT2D eigenvalue weighted by atomic mass is 10.0. The molecule has 0 saturated carbocycles. The Hall–Kier alpha value is -2.62. The Bertz CT molecular complexity index is 775. The van der Waals surface area contributed by atoms with Gasteiger partial charge in [0.25, 0.3) is 0 Å². The van der Waals surface area contributed by atoms with Gasteiger partial charge < -0.3 is 10.1 Å². The zero-order chi connectivity index (χ0) is 13.4. The minimum atomic E-state index is 0.00103. The topological polar surface area (TPSA) is 66.0 Å². The third kappa shape index (κ3) is 1.97. The molecule has 2 aromatic heterocycles. The summed E-state index contributed by atoms with van der Waals surface area (Å²) in [4.78, 5) is 18.8. The van der Waals surface area contributed by atoms with Crippen molar-refractivity contribution in [2.45, 2.75) is 6.92 Å². The highest BCUT2D eigenvalue weighted by molar-refractivity contribution is 6.06. The standard InChI is InChI=1S/C15H12N2O2/c1-9(18)14-8-17-15-13(14)6-11(7-16-15)10-3-2-4-12(19)5-10/h2-8,19H,1H3,(H,16,17). The zero-order valence-electron chi connectivity index (χ0n) is 10.3. The van der Waals surface area contributed by atoms with E-state index in [1.165, 1.54) is 6.92 Å². The minimum absolute atomic E-state index is 0.00103. The lowest BCUT2D eigenvalue weighted by Crippen LogP contribution is -1.89. The maximum atomic E-state index is 11.5. The fourth-order valence-corrected chi connectivity index (χ4v) is 2.14. The monoisotopic (exact) mass is 252 g/mol. The Labute approximate surface area is 109 Å². The van der Waals surface area contributed by atoms with Crippen LogP contribution in [0.2, 0.25) is 0 Å². The Morgan fingerprint density at radius 3 is 2.84 bits per heavy atom. The number of fused-ring (bicyclic) bond motifs is 1. The van der Waals surface area contributed by atoms with E-state index in [9.17, 15) is 9.90 Å². The number of Topliss-reactive ketones (excluding diaryl/α,β-unsaturated/α-hetero) is 1. The van der Waals surface area contributed by atoms with Gasteiger partial charge in [-0.15, -0.1) is 0 Å². The largest absolute Gasteiger partial charge is 0.508 e. The fourth-order valence-electron chi connectivity index (χ4n) is 2.14. The number of pyridine rings is 1. The molecule has 0 aliphatic carbocycles. The van der Waals surface area contributed by atoms with E-state index < -0.39 is 0 Å². The predicted molar refractivity (Wildman–Crippen MR) is 73.2 cm³/mol. The molecule has 0 fully saturated rings. The van der Waals surface area contributed by atoms with Gasteiger partial charge in [-0.1, -0.05) is 12.1 Å². The summed E-state index contributed by atoms with van der Waals surface area (Å²) in [5.41, 5.74) is 3.05. The molecule has 2 N–H and O–H groups in total. The second-order valence-corrected chi connectivity index (χ2v) is 4.43.